The second kappa shape index (κ2) is 6.85. The van der Waals surface area contributed by atoms with Crippen LogP contribution >= 0.6 is 55.6 Å². The Kier molecular flexibility index (Phi) is 7.03. The van der Waals surface area contributed by atoms with Gasteiger partial charge in [-0.2, -0.15) is 0 Å². The van der Waals surface area contributed by atoms with Gasteiger partial charge in [-0.25, -0.2) is 0 Å². The average Bonchev–Trinajstić information content (AvgIpc) is 2.47. The molecule has 0 aliphatic rings. The third-order valence-corrected chi connectivity index (χ3v) is 5.03. The number of carbonyl (C=O) groups excluding carboxylic acids is 1. The summed E-state index contributed by atoms with van der Waals surface area (Å²) in [6.07, 6.45) is 0.204. The van der Waals surface area contributed by atoms with Crippen LogP contribution in [-0.2, 0) is 9.53 Å². The van der Waals surface area contributed by atoms with Crippen molar-refractivity contribution in [2.45, 2.75) is 12.5 Å². The lowest BCUT2D eigenvalue weighted by molar-refractivity contribution is -0.141. The van der Waals surface area contributed by atoms with Gasteiger partial charge in [0.2, 0.25) is 0 Å². The molecule has 0 amide bonds. The van der Waals surface area contributed by atoms with Crippen LogP contribution in [0.25, 0.3) is 0 Å². The van der Waals surface area contributed by atoms with Crippen molar-refractivity contribution in [1.29, 1.82) is 0 Å². The second-order valence-electron chi connectivity index (χ2n) is 2.66. The molecule has 0 aliphatic heterocycles. The van der Waals surface area contributed by atoms with Crippen molar-refractivity contribution in [2.75, 3.05) is 7.11 Å². The lowest BCUT2D eigenvalue weighted by atomic mass is 10.2. The topological polar surface area (TPSA) is 52.3 Å². The average molecular weight is 380 g/mol. The summed E-state index contributed by atoms with van der Waals surface area (Å²) in [5.74, 6) is -0.293. The molecule has 1 aromatic rings. The first kappa shape index (κ1) is 15.4. The number of thiophene rings is 1. The first-order valence-electron chi connectivity index (χ1n) is 3.81. The summed E-state index contributed by atoms with van der Waals surface area (Å²) in [5, 5.41) is 0. The highest BCUT2D eigenvalue weighted by atomic mass is 79.9. The number of nitrogens with two attached hydrogens (primary N) is 1. The Balaban J connectivity index is 0.00000196. The van der Waals surface area contributed by atoms with Crippen molar-refractivity contribution < 1.29 is 9.53 Å². The molecule has 1 heterocycles. The maximum atomic E-state index is 11.0. The number of hydrogen-bond donors (Lipinski definition) is 1. The van der Waals surface area contributed by atoms with E-state index in [0.717, 1.165) is 13.1 Å². The van der Waals surface area contributed by atoms with Crippen LogP contribution in [0.2, 0.25) is 0 Å². The molecule has 7 heteroatoms. The molecule has 1 atom stereocenters. The minimum absolute atomic E-state index is 0. The summed E-state index contributed by atoms with van der Waals surface area (Å²) in [4.78, 5) is 11.9. The van der Waals surface area contributed by atoms with Gasteiger partial charge in [-0.15, -0.1) is 23.7 Å². The van der Waals surface area contributed by atoms with Crippen molar-refractivity contribution in [3.63, 3.8) is 0 Å². The Hall–Kier alpha value is 0.380. The fraction of sp³-hybridized carbons (Fsp3) is 0.375. The van der Waals surface area contributed by atoms with E-state index in [1.54, 1.807) is 0 Å². The summed E-state index contributed by atoms with van der Waals surface area (Å²) in [7, 11) is 1.36. The van der Waals surface area contributed by atoms with Gasteiger partial charge < -0.3 is 10.5 Å². The van der Waals surface area contributed by atoms with Crippen molar-refractivity contribution in [1.82, 2.24) is 0 Å². The van der Waals surface area contributed by atoms with E-state index in [9.17, 15) is 4.79 Å². The summed E-state index contributed by atoms with van der Waals surface area (Å²) < 4.78 is 6.48. The van der Waals surface area contributed by atoms with Gasteiger partial charge >= 0.3 is 5.97 Å². The van der Waals surface area contributed by atoms with Crippen LogP contribution in [0.1, 0.15) is 17.3 Å². The molecule has 0 spiro atoms. The molecule has 0 unspecified atom stereocenters. The Morgan fingerprint density at radius 2 is 2.27 bits per heavy atom. The van der Waals surface area contributed by atoms with Gasteiger partial charge in [0.15, 0.2) is 0 Å². The molecule has 15 heavy (non-hydrogen) atoms. The standard InChI is InChI=1S/C8H9Br2NO2S.ClH/c1-13-7(12)3-5(11)6-2-4(9)8(10)14-6;/h2,5H,3,11H2,1H3;1H/t5-;/m0./s1. The van der Waals surface area contributed by atoms with Gasteiger partial charge in [0.05, 0.1) is 17.3 Å². The van der Waals surface area contributed by atoms with Crippen molar-refractivity contribution >= 4 is 61.6 Å². The third-order valence-electron chi connectivity index (χ3n) is 1.64. The third kappa shape index (κ3) is 4.40. The monoisotopic (exact) mass is 377 g/mol. The lowest BCUT2D eigenvalue weighted by Crippen LogP contribution is -2.15. The first-order chi connectivity index (χ1) is 6.54. The Labute approximate surface area is 115 Å². The van der Waals surface area contributed by atoms with Crippen LogP contribution in [-0.4, -0.2) is 13.1 Å². The maximum absolute atomic E-state index is 11.0. The van der Waals surface area contributed by atoms with Crippen LogP contribution in [0.15, 0.2) is 14.3 Å². The number of esters is 1. The Bertz CT molecular complexity index is 326. The number of carbonyl (C=O) groups is 1. The quantitative estimate of drug-likeness (QED) is 0.820. The number of ether oxygens (including phenoxy) is 1. The van der Waals surface area contributed by atoms with Gasteiger partial charge in [0, 0.05) is 15.4 Å². The van der Waals surface area contributed by atoms with Gasteiger partial charge in [-0.05, 0) is 37.9 Å². The molecule has 0 saturated carbocycles. The van der Waals surface area contributed by atoms with Crippen molar-refractivity contribution in [3.8, 4) is 0 Å². The van der Waals surface area contributed by atoms with Gasteiger partial charge in [-0.1, -0.05) is 0 Å². The molecule has 0 radical (unpaired) electrons. The molecule has 0 aromatic carbocycles. The first-order valence-corrected chi connectivity index (χ1v) is 6.22. The molecular weight excluding hydrogens is 369 g/mol. The van der Waals surface area contributed by atoms with Crippen LogP contribution in [0, 0.1) is 0 Å². The minimum atomic E-state index is -0.296. The number of methoxy groups -OCH3 is 1. The summed E-state index contributed by atoms with van der Waals surface area (Å²) >= 11 is 8.24. The SMILES string of the molecule is COC(=O)C[C@H](N)c1cc(Br)c(Br)s1.Cl. The number of halogens is 3. The van der Waals surface area contributed by atoms with E-state index in [4.69, 9.17) is 5.73 Å². The zero-order valence-corrected chi connectivity index (χ0v) is 12.6. The zero-order valence-electron chi connectivity index (χ0n) is 7.83. The predicted octanol–water partition coefficient (Wildman–Crippen LogP) is 3.26. The molecule has 0 bridgehead atoms. The van der Waals surface area contributed by atoms with E-state index in [-0.39, 0.29) is 30.8 Å². The lowest BCUT2D eigenvalue weighted by Gasteiger charge is -2.06. The summed E-state index contributed by atoms with van der Waals surface area (Å²) in [6.45, 7) is 0. The molecule has 0 aliphatic carbocycles. The fourth-order valence-corrected chi connectivity index (χ4v) is 3.00. The van der Waals surface area contributed by atoms with E-state index >= 15 is 0 Å². The van der Waals surface area contributed by atoms with E-state index in [1.807, 2.05) is 6.07 Å². The number of hydrogen-bond acceptors (Lipinski definition) is 4. The summed E-state index contributed by atoms with van der Waals surface area (Å²) in [5.41, 5.74) is 5.82. The molecule has 0 fully saturated rings. The highest BCUT2D eigenvalue weighted by Gasteiger charge is 2.15. The molecule has 0 saturated heterocycles. The van der Waals surface area contributed by atoms with E-state index in [2.05, 4.69) is 36.6 Å². The van der Waals surface area contributed by atoms with Crippen LogP contribution in [0.4, 0.5) is 0 Å². The molecule has 1 aromatic heterocycles. The van der Waals surface area contributed by atoms with E-state index in [0.29, 0.717) is 0 Å². The Morgan fingerprint density at radius 3 is 2.67 bits per heavy atom. The summed E-state index contributed by atoms with van der Waals surface area (Å²) in [6, 6.07) is 1.61. The molecule has 3 nitrogen and oxygen atoms in total. The Morgan fingerprint density at radius 1 is 1.67 bits per heavy atom. The van der Waals surface area contributed by atoms with Crippen LogP contribution < -0.4 is 5.73 Å². The van der Waals surface area contributed by atoms with Crippen LogP contribution in [0.5, 0.6) is 0 Å². The van der Waals surface area contributed by atoms with Gasteiger partial charge in [0.1, 0.15) is 0 Å². The molecule has 1 rings (SSSR count). The van der Waals surface area contributed by atoms with Gasteiger partial charge in [0.25, 0.3) is 0 Å². The zero-order chi connectivity index (χ0) is 10.7. The molecule has 2 N–H and O–H groups in total. The van der Waals surface area contributed by atoms with Crippen molar-refractivity contribution in [2.24, 2.45) is 5.73 Å². The maximum Gasteiger partial charge on any atom is 0.307 e. The molecule has 86 valence electrons. The normalized spacial score (nSPS) is 11.7. The largest absolute Gasteiger partial charge is 0.469 e. The van der Waals surface area contributed by atoms with E-state index in [1.165, 1.54) is 18.4 Å². The van der Waals surface area contributed by atoms with E-state index < -0.39 is 0 Å². The molecular formula is C8H10Br2ClNO2S. The second-order valence-corrected chi connectivity index (χ2v) is 5.91. The number of rotatable bonds is 3. The minimum Gasteiger partial charge on any atom is -0.469 e. The smallest absolute Gasteiger partial charge is 0.307 e. The highest BCUT2D eigenvalue weighted by molar-refractivity contribution is 9.13. The van der Waals surface area contributed by atoms with Crippen molar-refractivity contribution in [3.05, 3.63) is 19.2 Å². The fourth-order valence-electron chi connectivity index (χ4n) is 0.910. The van der Waals surface area contributed by atoms with Crippen LogP contribution in [0.3, 0.4) is 0 Å². The van der Waals surface area contributed by atoms with Gasteiger partial charge in [-0.3, -0.25) is 4.79 Å². The predicted molar refractivity (Wildman–Crippen MR) is 70.5 cm³/mol. The highest BCUT2D eigenvalue weighted by Crippen LogP contribution is 2.35.